The molecule has 1 unspecified atom stereocenters. The predicted molar refractivity (Wildman–Crippen MR) is 116 cm³/mol. The van der Waals surface area contributed by atoms with Crippen molar-refractivity contribution in [1.82, 2.24) is 10.2 Å². The van der Waals surface area contributed by atoms with Gasteiger partial charge >= 0.3 is 0 Å². The van der Waals surface area contributed by atoms with E-state index in [0.29, 0.717) is 25.5 Å². The summed E-state index contributed by atoms with van der Waals surface area (Å²) in [5, 5.41) is 3.40. The van der Waals surface area contributed by atoms with E-state index in [-0.39, 0.29) is 29.9 Å². The second-order valence-electron chi connectivity index (χ2n) is 6.23. The van der Waals surface area contributed by atoms with Gasteiger partial charge in [0, 0.05) is 38.7 Å². The Bertz CT molecular complexity index is 621. The number of rotatable bonds is 7. The van der Waals surface area contributed by atoms with Crippen LogP contribution in [0.15, 0.2) is 41.9 Å². The lowest BCUT2D eigenvalue weighted by atomic mass is 9.95. The first kappa shape index (κ1) is 22.3. The van der Waals surface area contributed by atoms with Crippen molar-refractivity contribution in [2.24, 2.45) is 16.6 Å². The van der Waals surface area contributed by atoms with Gasteiger partial charge in [-0.1, -0.05) is 30.9 Å². The maximum Gasteiger partial charge on any atom is 0.217 e. The van der Waals surface area contributed by atoms with Gasteiger partial charge in [-0.05, 0) is 24.8 Å². The first-order valence-corrected chi connectivity index (χ1v) is 8.69. The van der Waals surface area contributed by atoms with Crippen LogP contribution in [0.4, 0.5) is 0 Å². The molecule has 0 radical (unpaired) electrons. The van der Waals surface area contributed by atoms with Gasteiger partial charge in [0.25, 0.3) is 0 Å². The van der Waals surface area contributed by atoms with Crippen LogP contribution in [0.5, 0.6) is 5.75 Å². The third-order valence-corrected chi connectivity index (χ3v) is 4.29. The number of amides is 1. The number of hydrogen-bond acceptors (Lipinski definition) is 3. The highest BCUT2D eigenvalue weighted by Gasteiger charge is 2.23. The van der Waals surface area contributed by atoms with Crippen molar-refractivity contribution in [3.63, 3.8) is 0 Å². The van der Waals surface area contributed by atoms with Gasteiger partial charge in [0.2, 0.25) is 5.91 Å². The number of para-hydroxylation sites is 1. The quantitative estimate of drug-likeness (QED) is 0.277. The van der Waals surface area contributed by atoms with Crippen LogP contribution in [0.1, 0.15) is 24.8 Å². The van der Waals surface area contributed by atoms with E-state index in [0.717, 1.165) is 43.2 Å². The molecular formula is C19H29IN4O2. The molecular weight excluding hydrogens is 443 g/mol. The number of benzene rings is 1. The van der Waals surface area contributed by atoms with Crippen molar-refractivity contribution < 1.29 is 9.53 Å². The van der Waals surface area contributed by atoms with Crippen molar-refractivity contribution in [2.45, 2.75) is 25.8 Å². The molecule has 0 spiro atoms. The molecule has 0 saturated carbocycles. The number of halogens is 1. The van der Waals surface area contributed by atoms with E-state index in [1.54, 1.807) is 13.1 Å². The molecule has 26 heavy (non-hydrogen) atoms. The highest BCUT2D eigenvalue weighted by atomic mass is 127. The van der Waals surface area contributed by atoms with Crippen molar-refractivity contribution in [1.29, 1.82) is 0 Å². The Kier molecular flexibility index (Phi) is 10.1. The van der Waals surface area contributed by atoms with Gasteiger partial charge in [-0.25, -0.2) is 0 Å². The zero-order chi connectivity index (χ0) is 18.1. The van der Waals surface area contributed by atoms with Gasteiger partial charge in [0.05, 0.1) is 0 Å². The molecule has 1 fully saturated rings. The number of likely N-dealkylation sites (tertiary alicyclic amines) is 1. The molecule has 144 valence electrons. The number of nitrogens with two attached hydrogens (primary N) is 1. The van der Waals surface area contributed by atoms with Gasteiger partial charge in [-0.3, -0.25) is 9.79 Å². The first-order chi connectivity index (χ1) is 12.1. The number of guanidine groups is 1. The Hall–Kier alpha value is -1.77. The largest absolute Gasteiger partial charge is 0.489 e. The second kappa shape index (κ2) is 11.8. The molecule has 1 aromatic rings. The van der Waals surface area contributed by atoms with Crippen molar-refractivity contribution in [3.8, 4) is 5.75 Å². The Labute approximate surface area is 172 Å². The summed E-state index contributed by atoms with van der Waals surface area (Å²) in [6.45, 7) is 6.52. The molecule has 1 aliphatic heterocycles. The Balaban J connectivity index is 0.00000338. The van der Waals surface area contributed by atoms with Crippen LogP contribution in [-0.4, -0.2) is 43.5 Å². The number of piperidine rings is 1. The lowest BCUT2D eigenvalue weighted by Crippen LogP contribution is -2.46. The smallest absolute Gasteiger partial charge is 0.217 e. The van der Waals surface area contributed by atoms with Crippen LogP contribution in [0, 0.1) is 5.92 Å². The van der Waals surface area contributed by atoms with E-state index in [1.165, 1.54) is 0 Å². The summed E-state index contributed by atoms with van der Waals surface area (Å²) in [6, 6.07) is 7.93. The summed E-state index contributed by atoms with van der Waals surface area (Å²) >= 11 is 0. The van der Waals surface area contributed by atoms with E-state index in [4.69, 9.17) is 10.5 Å². The minimum absolute atomic E-state index is 0. The maximum atomic E-state index is 11.2. The molecule has 1 saturated heterocycles. The van der Waals surface area contributed by atoms with E-state index in [9.17, 15) is 4.79 Å². The molecule has 1 heterocycles. The highest BCUT2D eigenvalue weighted by Crippen LogP contribution is 2.20. The Morgan fingerprint density at radius 2 is 2.27 bits per heavy atom. The third-order valence-electron chi connectivity index (χ3n) is 4.29. The molecule has 6 nitrogen and oxygen atoms in total. The van der Waals surface area contributed by atoms with Gasteiger partial charge < -0.3 is 20.7 Å². The monoisotopic (exact) mass is 472 g/mol. The van der Waals surface area contributed by atoms with Crippen molar-refractivity contribution in [3.05, 3.63) is 42.5 Å². The predicted octanol–water partition coefficient (Wildman–Crippen LogP) is 2.53. The van der Waals surface area contributed by atoms with E-state index < -0.39 is 0 Å². The van der Waals surface area contributed by atoms with Crippen LogP contribution >= 0.6 is 24.0 Å². The lowest BCUT2D eigenvalue weighted by molar-refractivity contribution is -0.119. The number of carbonyl (C=O) groups is 1. The number of carbonyl (C=O) groups excluding carboxylic acids is 1. The molecule has 7 heteroatoms. The lowest BCUT2D eigenvalue weighted by Gasteiger charge is -2.34. The van der Waals surface area contributed by atoms with Crippen LogP contribution in [0.2, 0.25) is 0 Å². The standard InChI is InChI=1S/C19H28N4O2.HI/c1-3-11-25-17-9-5-4-8-16(17)13-22-19(21-2)23-10-6-7-15(14-23)12-18(20)24;/h3-5,8-9,15H,1,6-7,10-14H2,2H3,(H2,20,24)(H,21,22);1H. The van der Waals surface area contributed by atoms with Crippen LogP contribution in [0.3, 0.4) is 0 Å². The van der Waals surface area contributed by atoms with Gasteiger partial charge in [0.15, 0.2) is 5.96 Å². The van der Waals surface area contributed by atoms with Gasteiger partial charge in [-0.2, -0.15) is 0 Å². The fourth-order valence-electron chi connectivity index (χ4n) is 3.15. The molecule has 3 N–H and O–H groups in total. The van der Waals surface area contributed by atoms with Gasteiger partial charge in [-0.15, -0.1) is 24.0 Å². The van der Waals surface area contributed by atoms with Crippen LogP contribution < -0.4 is 15.8 Å². The minimum Gasteiger partial charge on any atom is -0.489 e. The summed E-state index contributed by atoms with van der Waals surface area (Å²) in [7, 11) is 1.78. The van der Waals surface area contributed by atoms with Crippen LogP contribution in [-0.2, 0) is 11.3 Å². The number of hydrogen-bond donors (Lipinski definition) is 2. The molecule has 0 aromatic heterocycles. The molecule has 0 bridgehead atoms. The highest BCUT2D eigenvalue weighted by molar-refractivity contribution is 14.0. The molecule has 2 rings (SSSR count). The average Bonchev–Trinajstić information content (AvgIpc) is 2.61. The summed E-state index contributed by atoms with van der Waals surface area (Å²) in [5.41, 5.74) is 6.41. The maximum absolute atomic E-state index is 11.2. The summed E-state index contributed by atoms with van der Waals surface area (Å²) in [4.78, 5) is 17.8. The summed E-state index contributed by atoms with van der Waals surface area (Å²) < 4.78 is 5.70. The molecule has 0 aliphatic carbocycles. The number of nitrogens with zero attached hydrogens (tertiary/aromatic N) is 2. The van der Waals surface area contributed by atoms with E-state index in [1.807, 2.05) is 24.3 Å². The van der Waals surface area contributed by atoms with E-state index >= 15 is 0 Å². The average molecular weight is 472 g/mol. The number of primary amides is 1. The topological polar surface area (TPSA) is 79.9 Å². The summed E-state index contributed by atoms with van der Waals surface area (Å²) in [5.74, 6) is 1.75. The van der Waals surface area contributed by atoms with Crippen LogP contribution in [0.25, 0.3) is 0 Å². The molecule has 1 amide bonds. The SMILES string of the molecule is C=CCOc1ccccc1CNC(=NC)N1CCCC(CC(N)=O)C1.I. The fraction of sp³-hybridized carbons (Fsp3) is 0.474. The van der Waals surface area contributed by atoms with Crippen molar-refractivity contribution in [2.75, 3.05) is 26.7 Å². The van der Waals surface area contributed by atoms with E-state index in [2.05, 4.69) is 21.8 Å². The van der Waals surface area contributed by atoms with Gasteiger partial charge in [0.1, 0.15) is 12.4 Å². The zero-order valence-electron chi connectivity index (χ0n) is 15.3. The first-order valence-electron chi connectivity index (χ1n) is 8.69. The zero-order valence-corrected chi connectivity index (χ0v) is 17.6. The molecule has 1 atom stereocenters. The second-order valence-corrected chi connectivity index (χ2v) is 6.23. The summed E-state index contributed by atoms with van der Waals surface area (Å²) in [6.07, 6.45) is 4.24. The number of nitrogens with one attached hydrogen (secondary N) is 1. The fourth-order valence-corrected chi connectivity index (χ4v) is 3.15. The third kappa shape index (κ3) is 6.86. The number of ether oxygens (including phenoxy) is 1. The normalized spacial score (nSPS) is 17.2. The van der Waals surface area contributed by atoms with Crippen molar-refractivity contribution >= 4 is 35.8 Å². The minimum atomic E-state index is -0.233. The number of aliphatic imine (C=N–C) groups is 1. The Morgan fingerprint density at radius 1 is 1.50 bits per heavy atom. The Morgan fingerprint density at radius 3 is 2.96 bits per heavy atom. The molecule has 1 aromatic carbocycles. The molecule has 1 aliphatic rings.